The smallest absolute Gasteiger partial charge is 0.306 e. The van der Waals surface area contributed by atoms with E-state index in [0.29, 0.717) is 21.2 Å². The average Bonchev–Trinajstić information content (AvgIpc) is 2.77. The van der Waals surface area contributed by atoms with Gasteiger partial charge < -0.3 is 24.3 Å². The number of aliphatic carboxylic acids is 1. The van der Waals surface area contributed by atoms with Crippen LogP contribution in [0.25, 0.3) is 0 Å². The Balaban J connectivity index is 2.17. The predicted molar refractivity (Wildman–Crippen MR) is 133 cm³/mol. The lowest BCUT2D eigenvalue weighted by Crippen LogP contribution is -2.56. The number of carbonyl (C=O) groups excluding carboxylic acids is 2. The van der Waals surface area contributed by atoms with Crippen molar-refractivity contribution in [2.75, 3.05) is 6.61 Å². The summed E-state index contributed by atoms with van der Waals surface area (Å²) in [5.74, 6) is -1.69. The fraction of sp³-hybridized carbons (Fsp3) is 0.423. The van der Waals surface area contributed by atoms with Gasteiger partial charge in [-0.1, -0.05) is 47.5 Å². The largest absolute Gasteiger partial charge is 0.481 e. The molecule has 0 spiro atoms. The number of carbonyl (C=O) groups is 3. The summed E-state index contributed by atoms with van der Waals surface area (Å²) in [6, 6.07) is 12.7. The van der Waals surface area contributed by atoms with Gasteiger partial charge in [0.05, 0.1) is 30.7 Å². The lowest BCUT2D eigenvalue weighted by molar-refractivity contribution is -0.187. The first-order chi connectivity index (χ1) is 16.5. The molecule has 188 valence electrons. The van der Waals surface area contributed by atoms with E-state index in [4.69, 9.17) is 32.7 Å². The van der Waals surface area contributed by atoms with E-state index in [1.807, 2.05) is 26.8 Å². The van der Waals surface area contributed by atoms with Crippen LogP contribution in [-0.2, 0) is 23.9 Å². The van der Waals surface area contributed by atoms with Crippen LogP contribution >= 0.6 is 23.2 Å². The SMILES string of the molecule is CC(C)(C)OC[C@@H](CC=O)N1C(=O)[C@H](CC(=O)O)O[C@H](c2cccc(Cl)c2)[C@H]1c1ccc(Cl)cc1. The number of nitrogens with zero attached hydrogens (tertiary/aromatic N) is 1. The number of carboxylic acids is 1. The van der Waals surface area contributed by atoms with E-state index >= 15 is 0 Å². The van der Waals surface area contributed by atoms with E-state index in [1.165, 1.54) is 0 Å². The number of morpholine rings is 1. The van der Waals surface area contributed by atoms with E-state index in [9.17, 15) is 19.5 Å². The second kappa shape index (κ2) is 11.5. The van der Waals surface area contributed by atoms with Crippen molar-refractivity contribution in [2.45, 2.75) is 63.5 Å². The van der Waals surface area contributed by atoms with Crippen LogP contribution in [0.5, 0.6) is 0 Å². The van der Waals surface area contributed by atoms with Crippen LogP contribution in [0, 0.1) is 0 Å². The molecule has 1 fully saturated rings. The number of amides is 1. The van der Waals surface area contributed by atoms with Crippen LogP contribution in [0.1, 0.15) is 56.9 Å². The summed E-state index contributed by atoms with van der Waals surface area (Å²) in [5.41, 5.74) is 0.874. The number of benzene rings is 2. The molecule has 1 heterocycles. The molecular weight excluding hydrogens is 493 g/mol. The monoisotopic (exact) mass is 521 g/mol. The number of halogens is 2. The van der Waals surface area contributed by atoms with E-state index in [2.05, 4.69) is 0 Å². The third-order valence-electron chi connectivity index (χ3n) is 5.65. The number of aldehydes is 1. The predicted octanol–water partition coefficient (Wildman–Crippen LogP) is 5.25. The Morgan fingerprint density at radius 3 is 2.40 bits per heavy atom. The fourth-order valence-corrected chi connectivity index (χ4v) is 4.44. The van der Waals surface area contributed by atoms with Crippen molar-refractivity contribution in [3.63, 3.8) is 0 Å². The second-order valence-electron chi connectivity index (χ2n) is 9.42. The van der Waals surface area contributed by atoms with Gasteiger partial charge in [0.2, 0.25) is 0 Å². The third kappa shape index (κ3) is 7.04. The molecule has 7 nitrogen and oxygen atoms in total. The molecule has 1 N–H and O–H groups in total. The summed E-state index contributed by atoms with van der Waals surface area (Å²) in [6.45, 7) is 5.72. The number of carboxylic acid groups (broad SMARTS) is 1. The maximum Gasteiger partial charge on any atom is 0.306 e. The average molecular weight is 522 g/mol. The van der Waals surface area contributed by atoms with Gasteiger partial charge in [-0.3, -0.25) is 9.59 Å². The van der Waals surface area contributed by atoms with Crippen molar-refractivity contribution in [1.82, 2.24) is 4.90 Å². The molecule has 0 bridgehead atoms. The molecule has 3 rings (SSSR count). The Bertz CT molecular complexity index is 1050. The Morgan fingerprint density at radius 1 is 1.14 bits per heavy atom. The standard InChI is InChI=1S/C26H29Cl2NO6/c1-26(2,3)34-15-20(11-12-30)29-23(16-7-9-18(27)10-8-16)24(17-5-4-6-19(28)13-17)35-21(25(29)33)14-22(31)32/h4-10,12-13,20-21,23-24H,11,14-15H2,1-3H3,(H,31,32)/t20-,21+,23-,24-/m1/s1. The molecule has 9 heteroatoms. The molecule has 35 heavy (non-hydrogen) atoms. The molecule has 0 aromatic heterocycles. The number of hydrogen-bond acceptors (Lipinski definition) is 5. The van der Waals surface area contributed by atoms with E-state index in [0.717, 1.165) is 6.29 Å². The van der Waals surface area contributed by atoms with Crippen molar-refractivity contribution in [1.29, 1.82) is 0 Å². The van der Waals surface area contributed by atoms with Gasteiger partial charge in [0.25, 0.3) is 5.91 Å². The highest BCUT2D eigenvalue weighted by molar-refractivity contribution is 6.30. The number of hydrogen-bond donors (Lipinski definition) is 1. The van der Waals surface area contributed by atoms with Crippen LogP contribution < -0.4 is 0 Å². The summed E-state index contributed by atoms with van der Waals surface area (Å²) in [4.78, 5) is 38.5. The molecule has 2 aromatic carbocycles. The minimum Gasteiger partial charge on any atom is -0.481 e. The van der Waals surface area contributed by atoms with Crippen molar-refractivity contribution >= 4 is 41.4 Å². The van der Waals surface area contributed by atoms with Crippen molar-refractivity contribution in [2.24, 2.45) is 0 Å². The molecule has 0 aliphatic carbocycles. The highest BCUT2D eigenvalue weighted by Gasteiger charge is 2.47. The van der Waals surface area contributed by atoms with E-state index in [1.54, 1.807) is 47.4 Å². The summed E-state index contributed by atoms with van der Waals surface area (Å²) in [6.07, 6.45) is -1.77. The third-order valence-corrected chi connectivity index (χ3v) is 6.13. The Kier molecular flexibility index (Phi) is 8.94. The molecular formula is C26H29Cl2NO6. The normalized spacial score (nSPS) is 21.6. The molecule has 0 radical (unpaired) electrons. The zero-order valence-electron chi connectivity index (χ0n) is 19.8. The van der Waals surface area contributed by atoms with Gasteiger partial charge in [-0.2, -0.15) is 0 Å². The Hall–Kier alpha value is -2.45. The first-order valence-electron chi connectivity index (χ1n) is 11.3. The van der Waals surface area contributed by atoms with E-state index < -0.39 is 48.2 Å². The zero-order chi connectivity index (χ0) is 25.8. The van der Waals surface area contributed by atoms with Crippen LogP contribution in [-0.4, -0.2) is 52.5 Å². The fourth-order valence-electron chi connectivity index (χ4n) is 4.12. The molecule has 0 unspecified atom stereocenters. The van der Waals surface area contributed by atoms with Gasteiger partial charge in [0, 0.05) is 16.5 Å². The first-order valence-corrected chi connectivity index (χ1v) is 12.0. The molecule has 0 saturated carbocycles. The summed E-state index contributed by atoms with van der Waals surface area (Å²) < 4.78 is 12.1. The summed E-state index contributed by atoms with van der Waals surface area (Å²) in [7, 11) is 0. The maximum absolute atomic E-state index is 13.7. The van der Waals surface area contributed by atoms with Gasteiger partial charge >= 0.3 is 5.97 Å². The van der Waals surface area contributed by atoms with Crippen LogP contribution in [0.2, 0.25) is 10.0 Å². The lowest BCUT2D eigenvalue weighted by atomic mass is 9.89. The second-order valence-corrected chi connectivity index (χ2v) is 10.3. The highest BCUT2D eigenvalue weighted by atomic mass is 35.5. The first kappa shape index (κ1) is 27.1. The van der Waals surface area contributed by atoms with Crippen molar-refractivity contribution in [3.05, 3.63) is 69.7 Å². The summed E-state index contributed by atoms with van der Waals surface area (Å²) >= 11 is 12.4. The van der Waals surface area contributed by atoms with Crippen LogP contribution in [0.4, 0.5) is 0 Å². The van der Waals surface area contributed by atoms with Crippen LogP contribution in [0.15, 0.2) is 48.5 Å². The van der Waals surface area contributed by atoms with Gasteiger partial charge in [-0.05, 0) is 56.2 Å². The van der Waals surface area contributed by atoms with Gasteiger partial charge in [-0.25, -0.2) is 0 Å². The Labute approximate surface area is 214 Å². The minimum absolute atomic E-state index is 0.00790. The Morgan fingerprint density at radius 2 is 1.83 bits per heavy atom. The highest BCUT2D eigenvalue weighted by Crippen LogP contribution is 2.44. The summed E-state index contributed by atoms with van der Waals surface area (Å²) in [5, 5.41) is 10.5. The minimum atomic E-state index is -1.25. The molecule has 1 aliphatic heterocycles. The number of ether oxygens (including phenoxy) is 2. The molecule has 2 aromatic rings. The van der Waals surface area contributed by atoms with Crippen molar-refractivity contribution < 1.29 is 29.0 Å². The van der Waals surface area contributed by atoms with E-state index in [-0.39, 0.29) is 13.0 Å². The molecule has 1 amide bonds. The zero-order valence-corrected chi connectivity index (χ0v) is 21.3. The van der Waals surface area contributed by atoms with Gasteiger partial charge in [0.1, 0.15) is 18.5 Å². The molecule has 4 atom stereocenters. The van der Waals surface area contributed by atoms with Crippen molar-refractivity contribution in [3.8, 4) is 0 Å². The quantitative estimate of drug-likeness (QED) is 0.453. The number of rotatable bonds is 9. The maximum atomic E-state index is 13.7. The molecule has 1 saturated heterocycles. The lowest BCUT2D eigenvalue weighted by Gasteiger charge is -2.48. The topological polar surface area (TPSA) is 93.1 Å². The van der Waals surface area contributed by atoms with Crippen LogP contribution in [0.3, 0.4) is 0 Å². The molecule has 1 aliphatic rings. The van der Waals surface area contributed by atoms with Gasteiger partial charge in [-0.15, -0.1) is 0 Å². The van der Waals surface area contributed by atoms with Gasteiger partial charge in [0.15, 0.2) is 0 Å².